The number of alkyl halides is 1. The quantitative estimate of drug-likeness (QED) is 0.575. The molecule has 1 aromatic carbocycles. The Morgan fingerprint density at radius 2 is 1.97 bits per heavy atom. The predicted octanol–water partition coefficient (Wildman–Crippen LogP) is 4.04. The third-order valence-corrected chi connectivity index (χ3v) is 5.54. The molecule has 3 atom stereocenters. The van der Waals surface area contributed by atoms with E-state index in [9.17, 15) is 18.7 Å². The number of hydrogen-bond acceptors (Lipinski definition) is 5. The van der Waals surface area contributed by atoms with Crippen LogP contribution in [0, 0.1) is 5.82 Å². The molecule has 8 heteroatoms. The van der Waals surface area contributed by atoms with Crippen LogP contribution in [0.15, 0.2) is 54.9 Å². The van der Waals surface area contributed by atoms with Gasteiger partial charge >= 0.3 is 0 Å². The molecule has 1 aliphatic carbocycles. The lowest BCUT2D eigenvalue weighted by Crippen LogP contribution is -2.24. The molecule has 160 valence electrons. The maximum atomic E-state index is 14.2. The Morgan fingerprint density at radius 3 is 2.68 bits per heavy atom. The van der Waals surface area contributed by atoms with Crippen LogP contribution in [0.2, 0.25) is 0 Å². The fourth-order valence-electron chi connectivity index (χ4n) is 4.03. The van der Waals surface area contributed by atoms with E-state index in [2.05, 4.69) is 20.6 Å². The zero-order valence-corrected chi connectivity index (χ0v) is 16.8. The van der Waals surface area contributed by atoms with Crippen molar-refractivity contribution in [1.29, 1.82) is 0 Å². The van der Waals surface area contributed by atoms with Crippen LogP contribution in [0.5, 0.6) is 5.75 Å². The number of rotatable bonds is 5. The minimum Gasteiger partial charge on any atom is -0.506 e. The standard InChI is InChI=1S/C23H22F2N4O2/c1-26-23(31)16-5-2-4-15(22(16)30)19-8-7-14(12-28-19)29-20-11-13(24)10-17(20)21-18(25)6-3-9-27-21/h2-9,12-13,17,20,29-30H,10-11H2,1H3,(H,26,31)/t13-,17?,20?/m1/s1. The zero-order chi connectivity index (χ0) is 22.0. The summed E-state index contributed by atoms with van der Waals surface area (Å²) >= 11 is 0. The molecular formula is C23H22F2N4O2. The van der Waals surface area contributed by atoms with Crippen LogP contribution in [-0.2, 0) is 0 Å². The Hall–Kier alpha value is -3.55. The highest BCUT2D eigenvalue weighted by Crippen LogP contribution is 2.38. The van der Waals surface area contributed by atoms with Crippen molar-refractivity contribution in [2.75, 3.05) is 12.4 Å². The molecule has 6 nitrogen and oxygen atoms in total. The Balaban J connectivity index is 1.55. The number of carbonyl (C=O) groups excluding carboxylic acids is 1. The van der Waals surface area contributed by atoms with Gasteiger partial charge in [0, 0.05) is 30.8 Å². The molecule has 1 aliphatic rings. The van der Waals surface area contributed by atoms with Crippen LogP contribution in [-0.4, -0.2) is 40.2 Å². The average molecular weight is 424 g/mol. The lowest BCUT2D eigenvalue weighted by molar-refractivity contribution is 0.0960. The number of nitrogens with one attached hydrogen (secondary N) is 2. The Kier molecular flexibility index (Phi) is 5.79. The van der Waals surface area contributed by atoms with Gasteiger partial charge in [-0.25, -0.2) is 8.78 Å². The topological polar surface area (TPSA) is 87.1 Å². The van der Waals surface area contributed by atoms with Crippen molar-refractivity contribution < 1.29 is 18.7 Å². The molecule has 0 radical (unpaired) electrons. The van der Waals surface area contributed by atoms with Gasteiger partial charge in [0.15, 0.2) is 0 Å². The van der Waals surface area contributed by atoms with E-state index >= 15 is 0 Å². The van der Waals surface area contributed by atoms with Gasteiger partial charge in [0.05, 0.1) is 28.8 Å². The molecular weight excluding hydrogens is 402 g/mol. The summed E-state index contributed by atoms with van der Waals surface area (Å²) in [5.41, 5.74) is 1.97. The number of nitrogens with zero attached hydrogens (tertiary/aromatic N) is 2. The van der Waals surface area contributed by atoms with Gasteiger partial charge < -0.3 is 15.7 Å². The number of hydrogen-bond donors (Lipinski definition) is 3. The largest absolute Gasteiger partial charge is 0.506 e. The highest BCUT2D eigenvalue weighted by Gasteiger charge is 2.37. The van der Waals surface area contributed by atoms with Crippen LogP contribution in [0.1, 0.15) is 34.8 Å². The number of pyridine rings is 2. The SMILES string of the molecule is CNC(=O)c1cccc(-c2ccc(NC3C[C@H](F)CC3c3ncccc3F)cn2)c1O. The number of amides is 1. The number of halogens is 2. The van der Waals surface area contributed by atoms with Crippen molar-refractivity contribution >= 4 is 11.6 Å². The van der Waals surface area contributed by atoms with Gasteiger partial charge in [-0.15, -0.1) is 0 Å². The number of phenols is 1. The monoisotopic (exact) mass is 424 g/mol. The highest BCUT2D eigenvalue weighted by atomic mass is 19.1. The number of aromatic nitrogens is 2. The van der Waals surface area contributed by atoms with Gasteiger partial charge in [0.25, 0.3) is 5.91 Å². The first kappa shape index (κ1) is 20.7. The van der Waals surface area contributed by atoms with Crippen LogP contribution in [0.3, 0.4) is 0 Å². The summed E-state index contributed by atoms with van der Waals surface area (Å²) in [6.45, 7) is 0. The number of para-hydroxylation sites is 1. The van der Waals surface area contributed by atoms with Gasteiger partial charge in [0.2, 0.25) is 0 Å². The molecule has 1 fully saturated rings. The van der Waals surface area contributed by atoms with Gasteiger partial charge in [-0.3, -0.25) is 14.8 Å². The predicted molar refractivity (Wildman–Crippen MR) is 113 cm³/mol. The maximum Gasteiger partial charge on any atom is 0.254 e. The molecule has 2 unspecified atom stereocenters. The molecule has 2 heterocycles. The first-order valence-electron chi connectivity index (χ1n) is 9.99. The number of anilines is 1. The molecule has 4 rings (SSSR count). The summed E-state index contributed by atoms with van der Waals surface area (Å²) in [7, 11) is 1.49. The van der Waals surface area contributed by atoms with Crippen molar-refractivity contribution in [2.45, 2.75) is 31.0 Å². The molecule has 0 spiro atoms. The average Bonchev–Trinajstić information content (AvgIpc) is 3.14. The van der Waals surface area contributed by atoms with Crippen molar-refractivity contribution in [3.05, 3.63) is 71.9 Å². The summed E-state index contributed by atoms with van der Waals surface area (Å²) in [5, 5.41) is 16.2. The summed E-state index contributed by atoms with van der Waals surface area (Å²) in [4.78, 5) is 20.4. The Bertz CT molecular complexity index is 1090. The molecule has 0 saturated heterocycles. The van der Waals surface area contributed by atoms with Gasteiger partial charge in [0.1, 0.15) is 17.7 Å². The molecule has 3 N–H and O–H groups in total. The Labute approximate surface area is 178 Å². The Morgan fingerprint density at radius 1 is 1.13 bits per heavy atom. The number of benzene rings is 1. The van der Waals surface area contributed by atoms with Crippen LogP contribution in [0.25, 0.3) is 11.3 Å². The normalized spacial score (nSPS) is 20.4. The molecule has 31 heavy (non-hydrogen) atoms. The summed E-state index contributed by atoms with van der Waals surface area (Å²) in [6.07, 6.45) is 2.49. The van der Waals surface area contributed by atoms with Crippen LogP contribution in [0.4, 0.5) is 14.5 Å². The second kappa shape index (κ2) is 8.67. The maximum absolute atomic E-state index is 14.2. The number of aromatic hydroxyl groups is 1. The van der Waals surface area contributed by atoms with Crippen molar-refractivity contribution in [3.8, 4) is 17.0 Å². The zero-order valence-electron chi connectivity index (χ0n) is 16.8. The number of phenolic OH excluding ortho intramolecular Hbond substituents is 1. The van der Waals surface area contributed by atoms with E-state index in [0.29, 0.717) is 16.9 Å². The summed E-state index contributed by atoms with van der Waals surface area (Å²) in [5.74, 6) is -1.37. The van der Waals surface area contributed by atoms with E-state index in [1.807, 2.05) is 0 Å². The van der Waals surface area contributed by atoms with Crippen LogP contribution >= 0.6 is 0 Å². The highest BCUT2D eigenvalue weighted by molar-refractivity contribution is 5.98. The molecule has 1 amide bonds. The van der Waals surface area contributed by atoms with E-state index in [0.717, 1.165) is 0 Å². The van der Waals surface area contributed by atoms with E-state index in [1.165, 1.54) is 31.4 Å². The van der Waals surface area contributed by atoms with E-state index in [1.54, 1.807) is 30.5 Å². The smallest absolute Gasteiger partial charge is 0.254 e. The molecule has 0 bridgehead atoms. The minimum absolute atomic E-state index is 0.156. The van der Waals surface area contributed by atoms with Crippen molar-refractivity contribution in [3.63, 3.8) is 0 Å². The number of carbonyl (C=O) groups is 1. The molecule has 3 aromatic rings. The first-order chi connectivity index (χ1) is 15.0. The van der Waals surface area contributed by atoms with Gasteiger partial charge in [-0.2, -0.15) is 0 Å². The van der Waals surface area contributed by atoms with E-state index in [-0.39, 0.29) is 41.8 Å². The molecule has 1 saturated carbocycles. The van der Waals surface area contributed by atoms with Crippen LogP contribution < -0.4 is 10.6 Å². The van der Waals surface area contributed by atoms with Gasteiger partial charge in [-0.05, 0) is 49.2 Å². The molecule has 2 aromatic heterocycles. The second-order valence-corrected chi connectivity index (χ2v) is 7.51. The summed E-state index contributed by atoms with van der Waals surface area (Å²) < 4.78 is 28.3. The summed E-state index contributed by atoms with van der Waals surface area (Å²) in [6, 6.07) is 10.8. The van der Waals surface area contributed by atoms with Gasteiger partial charge in [-0.1, -0.05) is 6.07 Å². The lowest BCUT2D eigenvalue weighted by atomic mass is 9.98. The van der Waals surface area contributed by atoms with E-state index < -0.39 is 17.9 Å². The fraction of sp³-hybridized carbons (Fsp3) is 0.261. The lowest BCUT2D eigenvalue weighted by Gasteiger charge is -2.21. The third-order valence-electron chi connectivity index (χ3n) is 5.54. The van der Waals surface area contributed by atoms with Crippen molar-refractivity contribution in [1.82, 2.24) is 15.3 Å². The fourth-order valence-corrected chi connectivity index (χ4v) is 4.03. The second-order valence-electron chi connectivity index (χ2n) is 7.51. The van der Waals surface area contributed by atoms with E-state index in [4.69, 9.17) is 0 Å². The third kappa shape index (κ3) is 4.19. The van der Waals surface area contributed by atoms with Crippen molar-refractivity contribution in [2.24, 2.45) is 0 Å². The molecule has 0 aliphatic heterocycles. The minimum atomic E-state index is -1.04. The first-order valence-corrected chi connectivity index (χ1v) is 9.99.